The molecule has 0 bridgehead atoms. The molecule has 3 aliphatic rings. The van der Waals surface area contributed by atoms with E-state index in [1.807, 2.05) is 54.6 Å². The fourth-order valence-electron chi connectivity index (χ4n) is 20.9. The van der Waals surface area contributed by atoms with Crippen LogP contribution in [0.4, 0.5) is 34.1 Å². The molecule has 0 atom stereocenters. The molecule has 672 valence electrons. The van der Waals surface area contributed by atoms with Crippen molar-refractivity contribution in [2.75, 3.05) is 9.80 Å². The third-order valence-corrected chi connectivity index (χ3v) is 30.1. The van der Waals surface area contributed by atoms with Crippen LogP contribution in [-0.2, 0) is 10.8 Å². The molecule has 2 aromatic heterocycles. The maximum absolute atomic E-state index is 13.9. The number of ketones is 1. The van der Waals surface area contributed by atoms with Gasteiger partial charge in [-0.3, -0.25) is 4.79 Å². The molecule has 134 heavy (non-hydrogen) atoms. The standard InChI is InChI=1S/C125H124N6OS2/c1-8-12-16-20-24-30-76-124(77-31-25-21-17-13-9-2)117-80-90(6)38-72-110(117)111-73-51-97(82-118(111)124)94-47-62-104(63-48-94)131(102-58-41-92(42-59-102)44-67-107-69-71-109(134-107)85-116-122(121(88-128)129-7)114-34-28-29-35-115(114)123(116)132)105-64-49-96(50-65-105)99-53-75-113-112-74-52-98(83-119(112)125(120(113)84-99,78-32-26-22-18-14-10-3)79-33-27-23-19-15-11-4)95-45-60-103(61-46-95)130(100-54-36-89(5)37-55-100)101-56-39-91(40-57-101)43-66-106-68-70-108(133-106)81-93(86-126)87-127/h28-29,34-75,80-85H,8-27,30-33,76-79H2,1-6H3/b66-43+,67-44+,116-85-,122-121?. The molecule has 0 radical (unpaired) electrons. The van der Waals surface area contributed by atoms with Gasteiger partial charge in [-0.1, -0.05) is 357 Å². The second-order valence-corrected chi connectivity index (χ2v) is 39.5. The number of thiophene rings is 2. The summed E-state index contributed by atoms with van der Waals surface area (Å²) in [6.07, 6.45) is 46.8. The molecule has 9 heteroatoms. The lowest BCUT2D eigenvalue weighted by atomic mass is 9.70. The number of hydrogen-bond donors (Lipinski definition) is 0. The Kier molecular flexibility index (Phi) is 31.5. The van der Waals surface area contributed by atoms with Crippen LogP contribution in [0.2, 0.25) is 0 Å². The van der Waals surface area contributed by atoms with Crippen molar-refractivity contribution in [3.8, 4) is 73.8 Å². The zero-order valence-corrected chi connectivity index (χ0v) is 80.7. The van der Waals surface area contributed by atoms with Gasteiger partial charge in [-0.25, -0.2) is 10.1 Å². The van der Waals surface area contributed by atoms with Gasteiger partial charge >= 0.3 is 0 Å². The number of rotatable bonds is 43. The van der Waals surface area contributed by atoms with Crippen LogP contribution in [0.5, 0.6) is 0 Å². The molecule has 11 aromatic carbocycles. The minimum Gasteiger partial charge on any atom is -0.311 e. The highest BCUT2D eigenvalue weighted by Crippen LogP contribution is 2.58. The van der Waals surface area contributed by atoms with E-state index in [-0.39, 0.29) is 27.9 Å². The van der Waals surface area contributed by atoms with Crippen LogP contribution in [-0.4, -0.2) is 5.78 Å². The fourth-order valence-corrected chi connectivity index (χ4v) is 22.6. The number of benzene rings is 11. The van der Waals surface area contributed by atoms with Crippen LogP contribution >= 0.6 is 22.7 Å². The molecule has 7 nitrogen and oxygen atoms in total. The predicted octanol–water partition coefficient (Wildman–Crippen LogP) is 37.1. The van der Waals surface area contributed by atoms with E-state index in [1.165, 1.54) is 250 Å². The molecule has 2 heterocycles. The summed E-state index contributed by atoms with van der Waals surface area (Å²) < 4.78 is 0. The fraction of sp³-hybridized carbons (Fsp3) is 0.288. The van der Waals surface area contributed by atoms with E-state index >= 15 is 0 Å². The number of allylic oxidation sites excluding steroid dienone is 4. The van der Waals surface area contributed by atoms with Gasteiger partial charge in [0.1, 0.15) is 17.7 Å². The average Bonchev–Trinajstić information content (AvgIpc) is 1.57. The van der Waals surface area contributed by atoms with Gasteiger partial charge in [0.25, 0.3) is 5.70 Å². The number of unbranched alkanes of at least 4 members (excludes halogenated alkanes) is 20. The van der Waals surface area contributed by atoms with Crippen LogP contribution < -0.4 is 9.80 Å². The Hall–Kier alpha value is -13.3. The van der Waals surface area contributed by atoms with E-state index < -0.39 is 0 Å². The Labute approximate surface area is 805 Å². The smallest absolute Gasteiger partial charge is 0.270 e. The number of hydrogen-bond acceptors (Lipinski definition) is 8. The minimum absolute atomic E-state index is 0.0300. The number of anilines is 6. The van der Waals surface area contributed by atoms with Gasteiger partial charge in [-0.15, -0.1) is 22.7 Å². The van der Waals surface area contributed by atoms with Crippen molar-refractivity contribution in [2.24, 2.45) is 0 Å². The maximum Gasteiger partial charge on any atom is 0.270 e. The summed E-state index contributed by atoms with van der Waals surface area (Å²) in [7, 11) is 0. The highest BCUT2D eigenvalue weighted by Gasteiger charge is 2.45. The maximum atomic E-state index is 13.9. The van der Waals surface area contributed by atoms with E-state index in [4.69, 9.17) is 6.57 Å². The summed E-state index contributed by atoms with van der Waals surface area (Å²) in [5, 5.41) is 28.7. The minimum atomic E-state index is -0.181. The lowest BCUT2D eigenvalue weighted by Crippen LogP contribution is -2.25. The second-order valence-electron chi connectivity index (χ2n) is 37.2. The van der Waals surface area contributed by atoms with Crippen LogP contribution in [0.1, 0.15) is 287 Å². The first-order chi connectivity index (χ1) is 65.8. The largest absolute Gasteiger partial charge is 0.311 e. The van der Waals surface area contributed by atoms with E-state index in [2.05, 4.69) is 311 Å². The third-order valence-electron chi connectivity index (χ3n) is 28.1. The first kappa shape index (κ1) is 94.0. The van der Waals surface area contributed by atoms with Crippen molar-refractivity contribution in [1.29, 1.82) is 15.8 Å². The summed E-state index contributed by atoms with van der Waals surface area (Å²) in [5.41, 5.74) is 31.7. The van der Waals surface area contributed by atoms with E-state index in [1.54, 1.807) is 40.4 Å². The summed E-state index contributed by atoms with van der Waals surface area (Å²) in [6, 6.07) is 105. The van der Waals surface area contributed by atoms with Gasteiger partial charge in [0.05, 0.1) is 12.6 Å². The molecule has 3 aliphatic carbocycles. The quantitative estimate of drug-likeness (QED) is 0.0163. The number of fused-ring (bicyclic) bond motifs is 7. The van der Waals surface area contributed by atoms with Crippen molar-refractivity contribution >= 4 is 105 Å². The molecular weight excluding hydrogens is 1670 g/mol. The molecule has 13 aromatic rings. The number of aryl methyl sites for hydroxylation is 2. The molecule has 16 rings (SSSR count). The van der Waals surface area contributed by atoms with Crippen molar-refractivity contribution in [2.45, 2.75) is 232 Å². The van der Waals surface area contributed by atoms with Crippen LogP contribution in [0.25, 0.3) is 103 Å². The van der Waals surface area contributed by atoms with Gasteiger partial charge in [0.2, 0.25) is 0 Å². The van der Waals surface area contributed by atoms with E-state index in [9.17, 15) is 20.6 Å². The molecule has 0 N–H and O–H groups in total. The molecule has 0 amide bonds. The van der Waals surface area contributed by atoms with Crippen LogP contribution in [0.3, 0.4) is 0 Å². The summed E-state index contributed by atoms with van der Waals surface area (Å²) in [5.74, 6) is -0.176. The number of carbonyl (C=O) groups excluding carboxylic acids is 1. The topological polar surface area (TPSA) is 99.3 Å². The SMILES string of the molecule is [C-]#[N+]C(C#N)=C1/C(=C/c2ccc(/C=C/c3ccc(N(c4ccc(-c5ccc6c(c5)C(CCCCCCCC)(CCCCCCCC)c5cc(C)ccc5-6)cc4)c4ccc(-c5ccc6c(c5)C(CCCCCCCC)(CCCCCCCC)c5cc(-c7ccc(N(c8ccc(C)cc8)c8ccc(/C=C/c9ccc(C=C(C#N)C#N)s9)cc8)cc7)ccc5-6)cc4)cc3)s2)C(=O)c2ccccc21. The zero-order valence-electron chi connectivity index (χ0n) is 79.1. The number of Topliss-reactive ketones (excluding diaryl/α,β-unsaturated/α-hetero) is 1. The molecule has 0 fully saturated rings. The van der Waals surface area contributed by atoms with Gasteiger partial charge in [0, 0.05) is 81.2 Å². The third kappa shape index (κ3) is 21.3. The highest BCUT2D eigenvalue weighted by atomic mass is 32.1. The van der Waals surface area contributed by atoms with E-state index in [0.717, 1.165) is 77.6 Å². The van der Waals surface area contributed by atoms with E-state index in [0.29, 0.717) is 22.3 Å². The predicted molar refractivity (Wildman–Crippen MR) is 570 cm³/mol. The highest BCUT2D eigenvalue weighted by molar-refractivity contribution is 7.14. The molecular formula is C125H124N6OS2. The van der Waals surface area contributed by atoms with Gasteiger partial charge in [0.15, 0.2) is 5.78 Å². The second kappa shape index (κ2) is 45.0. The Morgan fingerprint density at radius 1 is 0.336 bits per heavy atom. The Morgan fingerprint density at radius 3 is 1.04 bits per heavy atom. The van der Waals surface area contributed by atoms with Crippen molar-refractivity contribution in [3.05, 3.63) is 370 Å². The van der Waals surface area contributed by atoms with Gasteiger partial charge in [-0.2, -0.15) is 10.5 Å². The average molecular weight is 1790 g/mol. The molecule has 0 unspecified atom stereocenters. The Morgan fingerprint density at radius 2 is 0.657 bits per heavy atom. The molecule has 0 spiro atoms. The monoisotopic (exact) mass is 1790 g/mol. The Balaban J connectivity index is 0.729. The lowest BCUT2D eigenvalue weighted by Gasteiger charge is -2.33. The van der Waals surface area contributed by atoms with Crippen molar-refractivity contribution in [1.82, 2.24) is 0 Å². The first-order valence-electron chi connectivity index (χ1n) is 49.5. The van der Waals surface area contributed by atoms with Gasteiger partial charge < -0.3 is 9.80 Å². The normalized spacial score (nSPS) is 13.7. The molecule has 0 saturated heterocycles. The zero-order chi connectivity index (χ0) is 92.8. The Bertz CT molecular complexity index is 6570. The lowest BCUT2D eigenvalue weighted by molar-refractivity contribution is 0.104. The summed E-state index contributed by atoms with van der Waals surface area (Å²) in [6.45, 7) is 21.5. The molecule has 0 aliphatic heterocycles. The number of carbonyl (C=O) groups is 1. The van der Waals surface area contributed by atoms with Crippen molar-refractivity contribution in [3.63, 3.8) is 0 Å². The molecule has 0 saturated carbocycles. The van der Waals surface area contributed by atoms with Crippen molar-refractivity contribution < 1.29 is 4.79 Å². The number of nitrogens with zero attached hydrogens (tertiary/aromatic N) is 6. The summed E-state index contributed by atoms with van der Waals surface area (Å²) in [4.78, 5) is 26.0. The van der Waals surface area contributed by atoms with Gasteiger partial charge in [-0.05, 0) is 274 Å². The van der Waals surface area contributed by atoms with Crippen LogP contribution in [0.15, 0.2) is 284 Å². The first-order valence-corrected chi connectivity index (χ1v) is 51.1. The van der Waals surface area contributed by atoms with Crippen LogP contribution in [0, 0.1) is 54.4 Å². The summed E-state index contributed by atoms with van der Waals surface area (Å²) >= 11 is 3.11. The number of nitriles is 3.